The first kappa shape index (κ1) is 19.4. The van der Waals surface area contributed by atoms with E-state index in [0.29, 0.717) is 29.0 Å². The van der Waals surface area contributed by atoms with Crippen LogP contribution in [-0.4, -0.2) is 59.5 Å². The van der Waals surface area contributed by atoms with Gasteiger partial charge in [-0.25, -0.2) is 13.8 Å². The van der Waals surface area contributed by atoms with E-state index >= 15 is 0 Å². The lowest BCUT2D eigenvalue weighted by Crippen LogP contribution is -2.42. The Kier molecular flexibility index (Phi) is 5.99. The fourth-order valence-corrected chi connectivity index (χ4v) is 4.77. The van der Waals surface area contributed by atoms with Gasteiger partial charge in [-0.05, 0) is 63.5 Å². The standard InChI is InChI=1S/C20H24F2N4OS/c21-16-6-5-14(10-17(16)22)18-13-28-20(23-18)24-19(27)12-26-9-3-4-15(26)11-25-7-1-2-8-25/h5-6,10,13,15H,1-4,7-9,11-12H2,(H,23,24,27). The Morgan fingerprint density at radius 2 is 2.00 bits per heavy atom. The summed E-state index contributed by atoms with van der Waals surface area (Å²) in [5, 5.41) is 5.05. The monoisotopic (exact) mass is 406 g/mol. The van der Waals surface area contributed by atoms with Gasteiger partial charge < -0.3 is 10.2 Å². The number of carbonyl (C=O) groups excluding carboxylic acids is 1. The number of hydrogen-bond acceptors (Lipinski definition) is 5. The number of rotatable bonds is 6. The fourth-order valence-electron chi connectivity index (χ4n) is 4.04. The second-order valence-electron chi connectivity index (χ2n) is 7.49. The lowest BCUT2D eigenvalue weighted by atomic mass is 10.2. The number of nitrogens with one attached hydrogen (secondary N) is 1. The topological polar surface area (TPSA) is 48.5 Å². The summed E-state index contributed by atoms with van der Waals surface area (Å²) in [5.41, 5.74) is 1.01. The molecule has 2 aromatic rings. The van der Waals surface area contributed by atoms with Crippen LogP contribution in [0.25, 0.3) is 11.3 Å². The molecule has 1 N–H and O–H groups in total. The molecule has 1 atom stereocenters. The minimum absolute atomic E-state index is 0.0838. The number of thiazole rings is 1. The molecule has 2 fully saturated rings. The molecule has 150 valence electrons. The summed E-state index contributed by atoms with van der Waals surface area (Å²) >= 11 is 1.28. The summed E-state index contributed by atoms with van der Waals surface area (Å²) in [6.07, 6.45) is 4.82. The number of carbonyl (C=O) groups is 1. The Balaban J connectivity index is 1.33. The van der Waals surface area contributed by atoms with E-state index in [4.69, 9.17) is 0 Å². The summed E-state index contributed by atoms with van der Waals surface area (Å²) in [5.74, 6) is -1.88. The predicted molar refractivity (Wildman–Crippen MR) is 106 cm³/mol. The Bertz CT molecular complexity index is 837. The van der Waals surface area contributed by atoms with E-state index in [1.165, 1.54) is 43.3 Å². The van der Waals surface area contributed by atoms with Crippen molar-refractivity contribution in [2.75, 3.05) is 38.0 Å². The molecule has 28 heavy (non-hydrogen) atoms. The number of amides is 1. The van der Waals surface area contributed by atoms with Crippen molar-refractivity contribution in [3.8, 4) is 11.3 Å². The normalized spacial score (nSPS) is 20.7. The predicted octanol–water partition coefficient (Wildman–Crippen LogP) is 3.59. The number of aromatic nitrogens is 1. The van der Waals surface area contributed by atoms with Crippen molar-refractivity contribution in [2.45, 2.75) is 31.7 Å². The minimum atomic E-state index is -0.908. The molecular formula is C20H24F2N4OS. The van der Waals surface area contributed by atoms with Crippen LogP contribution in [0.5, 0.6) is 0 Å². The van der Waals surface area contributed by atoms with E-state index in [9.17, 15) is 13.6 Å². The first-order valence-electron chi connectivity index (χ1n) is 9.76. The molecule has 2 saturated heterocycles. The second kappa shape index (κ2) is 8.63. The van der Waals surface area contributed by atoms with Gasteiger partial charge >= 0.3 is 0 Å². The maximum absolute atomic E-state index is 13.4. The van der Waals surface area contributed by atoms with Crippen molar-refractivity contribution >= 4 is 22.4 Å². The zero-order valence-electron chi connectivity index (χ0n) is 15.7. The Hall–Kier alpha value is -1.90. The average molecular weight is 407 g/mol. The number of benzene rings is 1. The van der Waals surface area contributed by atoms with E-state index in [1.807, 2.05) is 0 Å². The molecule has 0 aliphatic carbocycles. The molecule has 5 nitrogen and oxygen atoms in total. The Morgan fingerprint density at radius 3 is 2.79 bits per heavy atom. The second-order valence-corrected chi connectivity index (χ2v) is 8.35. The number of anilines is 1. The highest BCUT2D eigenvalue weighted by molar-refractivity contribution is 7.14. The van der Waals surface area contributed by atoms with E-state index in [0.717, 1.165) is 38.1 Å². The third kappa shape index (κ3) is 4.56. The van der Waals surface area contributed by atoms with Crippen LogP contribution >= 0.6 is 11.3 Å². The molecule has 2 aliphatic rings. The van der Waals surface area contributed by atoms with Crippen LogP contribution in [0, 0.1) is 11.6 Å². The van der Waals surface area contributed by atoms with Crippen molar-refractivity contribution < 1.29 is 13.6 Å². The van der Waals surface area contributed by atoms with Crippen molar-refractivity contribution in [1.29, 1.82) is 0 Å². The molecule has 0 spiro atoms. The van der Waals surface area contributed by atoms with Crippen LogP contribution < -0.4 is 5.32 Å². The molecule has 2 aliphatic heterocycles. The zero-order chi connectivity index (χ0) is 19.5. The van der Waals surface area contributed by atoms with E-state index < -0.39 is 11.6 Å². The lowest BCUT2D eigenvalue weighted by Gasteiger charge is -2.27. The smallest absolute Gasteiger partial charge is 0.240 e. The Labute approximate surface area is 167 Å². The molecule has 0 bridgehead atoms. The van der Waals surface area contributed by atoms with Gasteiger partial charge in [0.15, 0.2) is 16.8 Å². The van der Waals surface area contributed by atoms with E-state index in [1.54, 1.807) is 5.38 Å². The van der Waals surface area contributed by atoms with Crippen LogP contribution in [-0.2, 0) is 4.79 Å². The van der Waals surface area contributed by atoms with Crippen molar-refractivity contribution in [2.24, 2.45) is 0 Å². The molecule has 1 aromatic heterocycles. The highest BCUT2D eigenvalue weighted by Gasteiger charge is 2.28. The van der Waals surface area contributed by atoms with Crippen LogP contribution in [0.2, 0.25) is 0 Å². The van der Waals surface area contributed by atoms with Crippen LogP contribution in [0.15, 0.2) is 23.6 Å². The summed E-state index contributed by atoms with van der Waals surface area (Å²) in [4.78, 5) is 21.6. The summed E-state index contributed by atoms with van der Waals surface area (Å²) in [6, 6.07) is 4.11. The molecule has 1 aromatic carbocycles. The highest BCUT2D eigenvalue weighted by Crippen LogP contribution is 2.26. The summed E-state index contributed by atoms with van der Waals surface area (Å²) in [6.45, 7) is 4.69. The fraction of sp³-hybridized carbons (Fsp3) is 0.500. The van der Waals surface area contributed by atoms with Crippen molar-refractivity contribution in [3.05, 3.63) is 35.2 Å². The summed E-state index contributed by atoms with van der Waals surface area (Å²) in [7, 11) is 0. The summed E-state index contributed by atoms with van der Waals surface area (Å²) < 4.78 is 26.5. The van der Waals surface area contributed by atoms with E-state index in [-0.39, 0.29) is 5.91 Å². The van der Waals surface area contributed by atoms with Crippen LogP contribution in [0.4, 0.5) is 13.9 Å². The molecule has 4 rings (SSSR count). The minimum Gasteiger partial charge on any atom is -0.302 e. The maximum Gasteiger partial charge on any atom is 0.240 e. The molecule has 1 unspecified atom stereocenters. The number of hydrogen-bond donors (Lipinski definition) is 1. The molecule has 0 saturated carbocycles. The van der Waals surface area contributed by atoms with Crippen LogP contribution in [0.3, 0.4) is 0 Å². The molecule has 1 amide bonds. The van der Waals surface area contributed by atoms with Crippen molar-refractivity contribution in [3.63, 3.8) is 0 Å². The third-order valence-corrected chi connectivity index (χ3v) is 6.24. The van der Waals surface area contributed by atoms with Gasteiger partial charge in [-0.2, -0.15) is 0 Å². The van der Waals surface area contributed by atoms with Crippen LogP contribution in [0.1, 0.15) is 25.7 Å². The van der Waals surface area contributed by atoms with Gasteiger partial charge in [0, 0.05) is 23.5 Å². The first-order valence-corrected chi connectivity index (χ1v) is 10.6. The van der Waals surface area contributed by atoms with Gasteiger partial charge in [0.1, 0.15) is 0 Å². The average Bonchev–Trinajstić information content (AvgIpc) is 3.41. The first-order chi connectivity index (χ1) is 13.6. The van der Waals surface area contributed by atoms with Gasteiger partial charge in [0.2, 0.25) is 5.91 Å². The Morgan fingerprint density at radius 1 is 1.18 bits per heavy atom. The quantitative estimate of drug-likeness (QED) is 0.797. The SMILES string of the molecule is O=C(CN1CCCC1CN1CCCC1)Nc1nc(-c2ccc(F)c(F)c2)cs1. The molecule has 0 radical (unpaired) electrons. The van der Waals surface area contributed by atoms with Gasteiger partial charge in [-0.15, -0.1) is 11.3 Å². The van der Waals surface area contributed by atoms with Gasteiger partial charge in [0.25, 0.3) is 0 Å². The van der Waals surface area contributed by atoms with Gasteiger partial charge in [-0.3, -0.25) is 9.69 Å². The van der Waals surface area contributed by atoms with Crippen molar-refractivity contribution in [1.82, 2.24) is 14.8 Å². The maximum atomic E-state index is 13.4. The molecule has 3 heterocycles. The largest absolute Gasteiger partial charge is 0.302 e. The van der Waals surface area contributed by atoms with Gasteiger partial charge in [-0.1, -0.05) is 0 Å². The van der Waals surface area contributed by atoms with Gasteiger partial charge in [0.05, 0.1) is 12.2 Å². The molecular weight excluding hydrogens is 382 g/mol. The third-order valence-electron chi connectivity index (χ3n) is 5.48. The zero-order valence-corrected chi connectivity index (χ0v) is 16.5. The number of likely N-dealkylation sites (tertiary alicyclic amines) is 2. The number of nitrogens with zero attached hydrogens (tertiary/aromatic N) is 3. The van der Waals surface area contributed by atoms with E-state index in [2.05, 4.69) is 20.1 Å². The molecule has 8 heteroatoms. The number of halogens is 2. The lowest BCUT2D eigenvalue weighted by molar-refractivity contribution is -0.117. The highest BCUT2D eigenvalue weighted by atomic mass is 32.1.